The summed E-state index contributed by atoms with van der Waals surface area (Å²) in [5, 5.41) is 134. The lowest BCUT2D eigenvalue weighted by atomic mass is 9.82. The predicted molar refractivity (Wildman–Crippen MR) is 241 cm³/mol. The minimum Gasteiger partial charge on any atom is -0.481 e. The van der Waals surface area contributed by atoms with E-state index in [4.69, 9.17) is 25.1 Å². The first kappa shape index (κ1) is 58.9. The van der Waals surface area contributed by atoms with Crippen LogP contribution >= 0.6 is 0 Å². The van der Waals surface area contributed by atoms with Gasteiger partial charge in [0.25, 0.3) is 0 Å². The highest BCUT2D eigenvalue weighted by Crippen LogP contribution is 2.38. The molecule has 0 saturated carbocycles. The van der Waals surface area contributed by atoms with Crippen LogP contribution in [0.5, 0.6) is 0 Å². The number of carboxylic acids is 2. The van der Waals surface area contributed by atoms with Gasteiger partial charge in [-0.2, -0.15) is 0 Å². The zero-order chi connectivity index (χ0) is 49.7. The second kappa shape index (κ2) is 29.6. The molecule has 2 aliphatic heterocycles. The van der Waals surface area contributed by atoms with Crippen LogP contribution in [0.4, 0.5) is 0 Å². The Bertz CT molecular complexity index is 1600. The summed E-state index contributed by atoms with van der Waals surface area (Å²) >= 11 is 0. The van der Waals surface area contributed by atoms with Crippen molar-refractivity contribution in [3.63, 3.8) is 0 Å². The highest BCUT2D eigenvalue weighted by Gasteiger charge is 2.51. The average Bonchev–Trinajstić information content (AvgIpc) is 3.22. The maximum Gasteiger partial charge on any atom is 0.311 e. The van der Waals surface area contributed by atoms with Gasteiger partial charge in [0.15, 0.2) is 12.1 Å². The van der Waals surface area contributed by atoms with E-state index in [0.29, 0.717) is 0 Å². The topological polar surface area (TPSA) is 351 Å². The molecule has 1 unspecified atom stereocenters. The minimum absolute atomic E-state index is 0.109. The zero-order valence-electron chi connectivity index (χ0n) is 38.3. The molecule has 0 aromatic heterocycles. The van der Waals surface area contributed by atoms with E-state index in [1.54, 1.807) is 38.2 Å². The molecule has 0 bridgehead atoms. The standard InChI is InChI=1S/C47H77NO18/c1-27(42(58)28(2)29(3)49)17-15-13-11-9-7-5-6-8-10-12-14-16-18-34(65-46-44(60)41(48)43(59)30(4)64-46)24-38-40(45(61)62)37(55)26-47(63,66-38)25-36(54)35(53)20-19-31(50)21-32(51)22-33(52)23-39(56)57/h5-6,8,10-18,27-38,40-44,46,49-55,58-60,63H,7,9,19-26,48H2,1-4H3,(H,56,57)(H,61,62)/b6-5+,10-8+,13-11+,14-12+,17-15+,18-16+/t27-,28-,29-,30+,31+,32+,33+,34-,35+,36+,37-,38-,40+,41-,42+,43+,44-,46?,47+/m0/s1. The maximum absolute atomic E-state index is 12.5. The fraction of sp³-hybridized carbons (Fsp3) is 0.702. The Balaban J connectivity index is 2.11. The summed E-state index contributed by atoms with van der Waals surface area (Å²) in [7, 11) is 0. The smallest absolute Gasteiger partial charge is 0.311 e. The molecular weight excluding hydrogens is 867 g/mol. The number of aliphatic hydroxyl groups excluding tert-OH is 10. The number of unbranched alkanes of at least 4 members (excludes halogenated alkanes) is 1. The normalized spacial score (nSPS) is 31.4. The van der Waals surface area contributed by atoms with Gasteiger partial charge in [0.05, 0.1) is 85.7 Å². The van der Waals surface area contributed by atoms with Crippen molar-refractivity contribution in [2.45, 2.75) is 189 Å². The van der Waals surface area contributed by atoms with Crippen LogP contribution in [-0.4, -0.2) is 176 Å². The molecule has 15 N–H and O–H groups in total. The molecule has 0 aromatic carbocycles. The van der Waals surface area contributed by atoms with Crippen molar-refractivity contribution in [1.82, 2.24) is 0 Å². The van der Waals surface area contributed by atoms with Crippen molar-refractivity contribution in [2.24, 2.45) is 23.5 Å². The Hall–Kier alpha value is -3.22. The van der Waals surface area contributed by atoms with Crippen LogP contribution in [0.25, 0.3) is 0 Å². The van der Waals surface area contributed by atoms with Gasteiger partial charge in [0, 0.05) is 31.1 Å². The number of carbonyl (C=O) groups is 2. The molecule has 0 aromatic rings. The molecule has 2 fully saturated rings. The van der Waals surface area contributed by atoms with Gasteiger partial charge in [-0.05, 0) is 52.4 Å². The van der Waals surface area contributed by atoms with Crippen LogP contribution in [0.1, 0.15) is 91.9 Å². The number of allylic oxidation sites excluding steroid dienone is 10. The van der Waals surface area contributed by atoms with E-state index >= 15 is 0 Å². The molecule has 0 radical (unpaired) electrons. The molecule has 2 saturated heterocycles. The van der Waals surface area contributed by atoms with E-state index in [-0.39, 0.29) is 43.9 Å². The molecule has 2 rings (SSSR count). The van der Waals surface area contributed by atoms with E-state index in [9.17, 15) is 70.9 Å². The molecule has 2 aliphatic rings. The van der Waals surface area contributed by atoms with Crippen LogP contribution < -0.4 is 5.73 Å². The van der Waals surface area contributed by atoms with Crippen LogP contribution in [0.2, 0.25) is 0 Å². The maximum atomic E-state index is 12.5. The molecule has 0 aliphatic carbocycles. The third-order valence-electron chi connectivity index (χ3n) is 12.0. The number of nitrogens with two attached hydrogens (primary N) is 1. The fourth-order valence-corrected chi connectivity index (χ4v) is 7.77. The molecule has 19 heteroatoms. The van der Waals surface area contributed by atoms with Crippen LogP contribution in [-0.2, 0) is 23.8 Å². The Kier molecular flexibility index (Phi) is 26.4. The van der Waals surface area contributed by atoms with Crippen LogP contribution in [0, 0.1) is 17.8 Å². The lowest BCUT2D eigenvalue weighted by Crippen LogP contribution is -2.61. The Labute approximate surface area is 387 Å². The first-order chi connectivity index (χ1) is 31.0. The van der Waals surface area contributed by atoms with Crippen molar-refractivity contribution >= 4 is 11.9 Å². The summed E-state index contributed by atoms with van der Waals surface area (Å²) in [4.78, 5) is 23.2. The second-order valence-electron chi connectivity index (χ2n) is 17.8. The fourth-order valence-electron chi connectivity index (χ4n) is 7.77. The number of rotatable bonds is 29. The summed E-state index contributed by atoms with van der Waals surface area (Å²) in [6, 6.07) is -1.16. The first-order valence-corrected chi connectivity index (χ1v) is 22.7. The number of aliphatic hydroxyl groups is 11. The van der Waals surface area contributed by atoms with Gasteiger partial charge in [-0.3, -0.25) is 9.59 Å². The molecular formula is C47H77NO18. The molecule has 0 spiro atoms. The Morgan fingerprint density at radius 2 is 1.35 bits per heavy atom. The number of ether oxygens (including phenoxy) is 3. The van der Waals surface area contributed by atoms with Gasteiger partial charge in [-0.1, -0.05) is 86.8 Å². The Morgan fingerprint density at radius 1 is 0.773 bits per heavy atom. The molecule has 19 atom stereocenters. The van der Waals surface area contributed by atoms with Crippen molar-refractivity contribution < 1.29 is 90.2 Å². The number of carboxylic acid groups (broad SMARTS) is 2. The molecule has 66 heavy (non-hydrogen) atoms. The molecule has 0 amide bonds. The van der Waals surface area contributed by atoms with Crippen molar-refractivity contribution in [2.75, 3.05) is 0 Å². The quantitative estimate of drug-likeness (QED) is 0.0358. The predicted octanol–water partition coefficient (Wildman–Crippen LogP) is 0.456. The number of aliphatic carboxylic acids is 2. The van der Waals surface area contributed by atoms with E-state index < -0.39 is 135 Å². The summed E-state index contributed by atoms with van der Waals surface area (Å²) in [6.45, 7) is 6.88. The lowest BCUT2D eigenvalue weighted by molar-refractivity contribution is -0.310. The average molecular weight is 944 g/mol. The summed E-state index contributed by atoms with van der Waals surface area (Å²) in [6.07, 6.45) is 2.24. The minimum atomic E-state index is -2.37. The highest BCUT2D eigenvalue weighted by atomic mass is 16.7. The van der Waals surface area contributed by atoms with Crippen molar-refractivity contribution in [1.29, 1.82) is 0 Å². The molecule has 2 heterocycles. The molecule has 19 nitrogen and oxygen atoms in total. The second-order valence-corrected chi connectivity index (χ2v) is 17.8. The van der Waals surface area contributed by atoms with Crippen LogP contribution in [0.15, 0.2) is 72.9 Å². The van der Waals surface area contributed by atoms with E-state index in [1.165, 1.54) is 13.0 Å². The zero-order valence-corrected chi connectivity index (χ0v) is 38.3. The highest BCUT2D eigenvalue weighted by molar-refractivity contribution is 5.71. The van der Waals surface area contributed by atoms with E-state index in [1.807, 2.05) is 49.5 Å². The summed E-state index contributed by atoms with van der Waals surface area (Å²) in [5.74, 6) is -7.05. The van der Waals surface area contributed by atoms with Crippen molar-refractivity contribution in [3.8, 4) is 0 Å². The third-order valence-corrected chi connectivity index (χ3v) is 12.0. The third kappa shape index (κ3) is 21.0. The SMILES string of the molecule is C[C@H]([C@H](O)[C@@H](C)/C=C/C=C/CC/C=C/C=C/C=C/C=C/[C@@H](C[C@@H]1O[C@](O)(C[C@@H](O)[C@H](O)CC[C@@H](O)C[C@@H](O)C[C@@H](O)CC(=O)O)C[C@H](O)[C@H]1C(=O)O)OC1O[C@H](C)[C@@H](O)[C@H](N)[C@@H]1O)[C@H](C)O. The Morgan fingerprint density at radius 3 is 1.95 bits per heavy atom. The van der Waals surface area contributed by atoms with Crippen molar-refractivity contribution in [3.05, 3.63) is 72.9 Å². The lowest BCUT2D eigenvalue weighted by Gasteiger charge is -2.45. The van der Waals surface area contributed by atoms with E-state index in [0.717, 1.165) is 12.8 Å². The van der Waals surface area contributed by atoms with Gasteiger partial charge < -0.3 is 86.3 Å². The van der Waals surface area contributed by atoms with Gasteiger partial charge >= 0.3 is 11.9 Å². The van der Waals surface area contributed by atoms with Gasteiger partial charge in [0.2, 0.25) is 0 Å². The van der Waals surface area contributed by atoms with Gasteiger partial charge in [-0.25, -0.2) is 0 Å². The van der Waals surface area contributed by atoms with Gasteiger partial charge in [0.1, 0.15) is 12.0 Å². The first-order valence-electron chi connectivity index (χ1n) is 22.7. The van der Waals surface area contributed by atoms with Gasteiger partial charge in [-0.15, -0.1) is 0 Å². The number of hydrogen-bond acceptors (Lipinski definition) is 17. The number of hydrogen-bond donors (Lipinski definition) is 14. The monoisotopic (exact) mass is 944 g/mol. The van der Waals surface area contributed by atoms with Crippen LogP contribution in [0.3, 0.4) is 0 Å². The summed E-state index contributed by atoms with van der Waals surface area (Å²) < 4.78 is 17.6. The summed E-state index contributed by atoms with van der Waals surface area (Å²) in [5.41, 5.74) is 6.01. The molecule has 378 valence electrons. The van der Waals surface area contributed by atoms with E-state index in [2.05, 4.69) is 0 Å². The largest absolute Gasteiger partial charge is 0.481 e.